The Morgan fingerprint density at radius 3 is 2.95 bits per heavy atom. The third-order valence-electron chi connectivity index (χ3n) is 3.83. The zero-order valence-electron chi connectivity index (χ0n) is 11.3. The van der Waals surface area contributed by atoms with E-state index in [-0.39, 0.29) is 17.0 Å². The van der Waals surface area contributed by atoms with E-state index in [1.807, 2.05) is 6.92 Å². The molecule has 1 heterocycles. The smallest absolute Gasteiger partial charge is 0.258 e. The number of carbonyl (C=O) groups is 1. The number of methoxy groups -OCH3 is 1. The van der Waals surface area contributed by atoms with Crippen molar-refractivity contribution in [2.24, 2.45) is 5.73 Å². The van der Waals surface area contributed by atoms with E-state index in [1.54, 1.807) is 4.90 Å². The number of benzene rings is 1. The van der Waals surface area contributed by atoms with Gasteiger partial charge in [-0.05, 0) is 38.0 Å². The van der Waals surface area contributed by atoms with Crippen molar-refractivity contribution in [1.82, 2.24) is 4.90 Å². The van der Waals surface area contributed by atoms with Gasteiger partial charge in [-0.1, -0.05) is 0 Å². The topological polar surface area (TPSA) is 55.6 Å². The van der Waals surface area contributed by atoms with Crippen molar-refractivity contribution in [3.63, 3.8) is 0 Å². The molecule has 1 aromatic rings. The van der Waals surface area contributed by atoms with E-state index < -0.39 is 5.82 Å². The number of ether oxygens (including phenoxy) is 1. The number of amides is 1. The van der Waals surface area contributed by atoms with Gasteiger partial charge in [-0.25, -0.2) is 4.39 Å². The normalized spacial score (nSPS) is 22.6. The van der Waals surface area contributed by atoms with Crippen LogP contribution in [0, 0.1) is 5.82 Å². The molecule has 0 saturated carbocycles. The van der Waals surface area contributed by atoms with Crippen molar-refractivity contribution in [3.05, 3.63) is 29.6 Å². The van der Waals surface area contributed by atoms with Gasteiger partial charge >= 0.3 is 0 Å². The largest absolute Gasteiger partial charge is 0.496 e. The van der Waals surface area contributed by atoms with Crippen LogP contribution in [0.5, 0.6) is 5.75 Å². The number of hydrogen-bond acceptors (Lipinski definition) is 3. The van der Waals surface area contributed by atoms with Gasteiger partial charge in [-0.3, -0.25) is 4.79 Å². The van der Waals surface area contributed by atoms with Gasteiger partial charge in [0.25, 0.3) is 5.91 Å². The highest BCUT2D eigenvalue weighted by atomic mass is 19.1. The summed E-state index contributed by atoms with van der Waals surface area (Å²) in [5.74, 6) is -0.280. The molecule has 0 aliphatic carbocycles. The quantitative estimate of drug-likeness (QED) is 0.907. The molecule has 0 radical (unpaired) electrons. The van der Waals surface area contributed by atoms with Crippen LogP contribution < -0.4 is 10.5 Å². The lowest BCUT2D eigenvalue weighted by molar-refractivity contribution is 0.0633. The first-order chi connectivity index (χ1) is 9.01. The fourth-order valence-electron chi connectivity index (χ4n) is 2.57. The zero-order chi connectivity index (χ0) is 14.0. The summed E-state index contributed by atoms with van der Waals surface area (Å²) in [6, 6.07) is 3.97. The molecule has 4 nitrogen and oxygen atoms in total. The van der Waals surface area contributed by atoms with Crippen LogP contribution in [-0.4, -0.2) is 36.5 Å². The van der Waals surface area contributed by atoms with E-state index in [0.717, 1.165) is 12.8 Å². The van der Waals surface area contributed by atoms with Gasteiger partial charge in [0.05, 0.1) is 18.2 Å². The Bertz CT molecular complexity index is 492. The maximum absolute atomic E-state index is 13.4. The SMILES string of the molecule is COc1ccc(F)cc1C(=O)N1CCCC1(C)CN. The van der Waals surface area contributed by atoms with E-state index in [2.05, 4.69) is 0 Å². The fourth-order valence-corrected chi connectivity index (χ4v) is 2.57. The van der Waals surface area contributed by atoms with Gasteiger partial charge in [0.15, 0.2) is 0 Å². The third kappa shape index (κ3) is 2.42. The number of rotatable bonds is 3. The summed E-state index contributed by atoms with van der Waals surface area (Å²) < 4.78 is 18.5. The van der Waals surface area contributed by atoms with E-state index in [1.165, 1.54) is 25.3 Å². The van der Waals surface area contributed by atoms with Gasteiger partial charge < -0.3 is 15.4 Å². The van der Waals surface area contributed by atoms with Gasteiger partial charge in [-0.15, -0.1) is 0 Å². The Hall–Kier alpha value is -1.62. The van der Waals surface area contributed by atoms with E-state index in [4.69, 9.17) is 10.5 Å². The van der Waals surface area contributed by atoms with Crippen molar-refractivity contribution in [2.45, 2.75) is 25.3 Å². The standard InChI is InChI=1S/C14H19FN2O2/c1-14(9-16)6-3-7-17(14)13(18)11-8-10(15)4-5-12(11)19-2/h4-5,8H,3,6-7,9,16H2,1-2H3. The average Bonchev–Trinajstić information content (AvgIpc) is 2.80. The second kappa shape index (κ2) is 5.17. The number of carbonyl (C=O) groups excluding carboxylic acids is 1. The Labute approximate surface area is 112 Å². The molecule has 1 unspecified atom stereocenters. The van der Waals surface area contributed by atoms with Crippen LogP contribution in [0.4, 0.5) is 4.39 Å². The molecular formula is C14H19FN2O2. The zero-order valence-corrected chi connectivity index (χ0v) is 11.3. The number of likely N-dealkylation sites (tertiary alicyclic amines) is 1. The molecule has 1 atom stereocenters. The van der Waals surface area contributed by atoms with Gasteiger partial charge in [0.2, 0.25) is 0 Å². The highest BCUT2D eigenvalue weighted by Gasteiger charge is 2.39. The Morgan fingerprint density at radius 2 is 2.32 bits per heavy atom. The number of halogens is 1. The van der Waals surface area contributed by atoms with Crippen LogP contribution in [0.2, 0.25) is 0 Å². The molecule has 0 spiro atoms. The van der Waals surface area contributed by atoms with Crippen LogP contribution in [0.25, 0.3) is 0 Å². The van der Waals surface area contributed by atoms with Crippen LogP contribution >= 0.6 is 0 Å². The number of hydrogen-bond donors (Lipinski definition) is 1. The molecule has 1 saturated heterocycles. The van der Waals surface area contributed by atoms with Crippen LogP contribution in [0.1, 0.15) is 30.1 Å². The molecule has 1 aliphatic heterocycles. The molecule has 1 amide bonds. The third-order valence-corrected chi connectivity index (χ3v) is 3.83. The van der Waals surface area contributed by atoms with E-state index in [9.17, 15) is 9.18 Å². The highest BCUT2D eigenvalue weighted by molar-refractivity contribution is 5.97. The van der Waals surface area contributed by atoms with Crippen LogP contribution in [-0.2, 0) is 0 Å². The number of nitrogens with two attached hydrogens (primary N) is 1. The lowest BCUT2D eigenvalue weighted by Crippen LogP contribution is -2.50. The van der Waals surface area contributed by atoms with Gasteiger partial charge in [0, 0.05) is 13.1 Å². The van der Waals surface area contributed by atoms with E-state index in [0.29, 0.717) is 18.8 Å². The van der Waals surface area contributed by atoms with E-state index >= 15 is 0 Å². The summed E-state index contributed by atoms with van der Waals surface area (Å²) in [5.41, 5.74) is 5.68. The molecule has 0 aromatic heterocycles. The minimum Gasteiger partial charge on any atom is -0.496 e. The Kier molecular flexibility index (Phi) is 3.75. The minimum atomic E-state index is -0.446. The summed E-state index contributed by atoms with van der Waals surface area (Å²) in [7, 11) is 1.47. The maximum Gasteiger partial charge on any atom is 0.258 e. The first-order valence-electron chi connectivity index (χ1n) is 6.37. The monoisotopic (exact) mass is 266 g/mol. The molecule has 19 heavy (non-hydrogen) atoms. The first-order valence-corrected chi connectivity index (χ1v) is 6.37. The molecule has 5 heteroatoms. The van der Waals surface area contributed by atoms with Gasteiger partial charge in [0.1, 0.15) is 11.6 Å². The Morgan fingerprint density at radius 1 is 1.58 bits per heavy atom. The molecule has 1 fully saturated rings. The summed E-state index contributed by atoms with van der Waals surface area (Å²) >= 11 is 0. The summed E-state index contributed by atoms with van der Waals surface area (Å²) in [4.78, 5) is 14.3. The fraction of sp³-hybridized carbons (Fsp3) is 0.500. The summed E-state index contributed by atoms with van der Waals surface area (Å²) in [5, 5.41) is 0. The molecule has 1 aliphatic rings. The van der Waals surface area contributed by atoms with Crippen molar-refractivity contribution in [2.75, 3.05) is 20.2 Å². The van der Waals surface area contributed by atoms with Crippen molar-refractivity contribution in [3.8, 4) is 5.75 Å². The molecule has 0 bridgehead atoms. The van der Waals surface area contributed by atoms with Gasteiger partial charge in [-0.2, -0.15) is 0 Å². The Balaban J connectivity index is 2.36. The summed E-state index contributed by atoms with van der Waals surface area (Å²) in [6.07, 6.45) is 1.78. The highest BCUT2D eigenvalue weighted by Crippen LogP contribution is 2.31. The molecule has 1 aromatic carbocycles. The van der Waals surface area contributed by atoms with Crippen LogP contribution in [0.3, 0.4) is 0 Å². The molecule has 2 N–H and O–H groups in total. The van der Waals surface area contributed by atoms with Crippen molar-refractivity contribution < 1.29 is 13.9 Å². The minimum absolute atomic E-state index is 0.221. The predicted molar refractivity (Wildman–Crippen MR) is 70.7 cm³/mol. The van der Waals surface area contributed by atoms with Crippen molar-refractivity contribution in [1.29, 1.82) is 0 Å². The maximum atomic E-state index is 13.4. The second-order valence-electron chi connectivity index (χ2n) is 5.11. The lowest BCUT2D eigenvalue weighted by atomic mass is 9.98. The first kappa shape index (κ1) is 13.8. The average molecular weight is 266 g/mol. The lowest BCUT2D eigenvalue weighted by Gasteiger charge is -2.34. The predicted octanol–water partition coefficient (Wildman–Crippen LogP) is 1.79. The molecule has 2 rings (SSSR count). The molecular weight excluding hydrogens is 247 g/mol. The summed E-state index contributed by atoms with van der Waals surface area (Å²) in [6.45, 7) is 3.01. The number of nitrogens with zero attached hydrogens (tertiary/aromatic N) is 1. The van der Waals surface area contributed by atoms with Crippen molar-refractivity contribution >= 4 is 5.91 Å². The van der Waals surface area contributed by atoms with Crippen LogP contribution in [0.15, 0.2) is 18.2 Å². The second-order valence-corrected chi connectivity index (χ2v) is 5.11. The molecule has 104 valence electrons.